The Morgan fingerprint density at radius 1 is 0.500 bits per heavy atom. The van der Waals surface area contributed by atoms with Gasteiger partial charge in [0.15, 0.2) is 0 Å². The molecule has 0 saturated heterocycles. The molecule has 0 radical (unpaired) electrons. The Hall–Kier alpha value is -3.40. The van der Waals surface area contributed by atoms with Crippen LogP contribution in [-0.2, 0) is 0 Å². The highest BCUT2D eigenvalue weighted by molar-refractivity contribution is 6.02. The molecule has 0 aliphatic rings. The third-order valence-corrected chi connectivity index (χ3v) is 3.49. The Kier molecular flexibility index (Phi) is 4.68. The summed E-state index contributed by atoms with van der Waals surface area (Å²) in [5.74, 6) is 0.928. The van der Waals surface area contributed by atoms with Gasteiger partial charge in [-0.2, -0.15) is 0 Å². The standard InChI is InChI=1S/C20H18N4/c21-19(23-17-7-3-1-4-8-17)15-11-13-16(14-12-15)20(22)24-18-9-5-2-6-10-18/h1-14H,(H2,21,23)(H2,22,24). The average Bonchev–Trinajstić information content (AvgIpc) is 2.63. The lowest BCUT2D eigenvalue weighted by atomic mass is 10.1. The molecule has 4 nitrogen and oxygen atoms in total. The van der Waals surface area contributed by atoms with Crippen molar-refractivity contribution >= 4 is 23.0 Å². The lowest BCUT2D eigenvalue weighted by Crippen LogP contribution is -2.15. The minimum atomic E-state index is 0.464. The molecule has 0 aliphatic carbocycles. The zero-order valence-electron chi connectivity index (χ0n) is 13.1. The van der Waals surface area contributed by atoms with Crippen LogP contribution >= 0.6 is 0 Å². The SMILES string of the molecule is NC(=Nc1ccccc1)c1ccc(C(N)=Nc2ccccc2)cc1. The molecule has 4 heteroatoms. The van der Waals surface area contributed by atoms with Crippen molar-refractivity contribution in [3.8, 4) is 0 Å². The first kappa shape index (κ1) is 15.5. The summed E-state index contributed by atoms with van der Waals surface area (Å²) in [7, 11) is 0. The van der Waals surface area contributed by atoms with Crippen molar-refractivity contribution in [2.24, 2.45) is 21.5 Å². The van der Waals surface area contributed by atoms with Gasteiger partial charge in [0.25, 0.3) is 0 Å². The van der Waals surface area contributed by atoms with E-state index < -0.39 is 0 Å². The van der Waals surface area contributed by atoms with Crippen LogP contribution in [0.25, 0.3) is 0 Å². The van der Waals surface area contributed by atoms with E-state index >= 15 is 0 Å². The van der Waals surface area contributed by atoms with Crippen molar-refractivity contribution in [2.75, 3.05) is 0 Å². The fraction of sp³-hybridized carbons (Fsp3) is 0. The normalized spacial score (nSPS) is 12.2. The van der Waals surface area contributed by atoms with Gasteiger partial charge in [-0.15, -0.1) is 0 Å². The topological polar surface area (TPSA) is 76.8 Å². The van der Waals surface area contributed by atoms with Gasteiger partial charge in [-0.1, -0.05) is 60.7 Å². The van der Waals surface area contributed by atoms with Gasteiger partial charge in [0, 0.05) is 11.1 Å². The first-order valence-electron chi connectivity index (χ1n) is 7.61. The quantitative estimate of drug-likeness (QED) is 0.568. The Morgan fingerprint density at radius 3 is 1.17 bits per heavy atom. The number of para-hydroxylation sites is 2. The molecule has 0 fully saturated rings. The van der Waals surface area contributed by atoms with Crippen LogP contribution in [-0.4, -0.2) is 11.7 Å². The number of hydrogen-bond donors (Lipinski definition) is 2. The molecule has 118 valence electrons. The van der Waals surface area contributed by atoms with Crippen LogP contribution in [0.15, 0.2) is 94.9 Å². The van der Waals surface area contributed by atoms with E-state index in [9.17, 15) is 0 Å². The first-order chi connectivity index (χ1) is 11.7. The van der Waals surface area contributed by atoms with Crippen molar-refractivity contribution in [2.45, 2.75) is 0 Å². The second-order valence-corrected chi connectivity index (χ2v) is 5.24. The fourth-order valence-electron chi connectivity index (χ4n) is 2.22. The van der Waals surface area contributed by atoms with Crippen LogP contribution < -0.4 is 11.5 Å². The number of amidine groups is 2. The van der Waals surface area contributed by atoms with Gasteiger partial charge in [-0.3, -0.25) is 0 Å². The van der Waals surface area contributed by atoms with Gasteiger partial charge >= 0.3 is 0 Å². The summed E-state index contributed by atoms with van der Waals surface area (Å²) in [6.45, 7) is 0. The summed E-state index contributed by atoms with van der Waals surface area (Å²) in [5.41, 5.74) is 15.5. The minimum absolute atomic E-state index is 0.464. The highest BCUT2D eigenvalue weighted by Gasteiger charge is 2.02. The van der Waals surface area contributed by atoms with Crippen molar-refractivity contribution in [3.05, 3.63) is 96.1 Å². The summed E-state index contributed by atoms with van der Waals surface area (Å²) in [6.07, 6.45) is 0. The molecule has 0 aromatic heterocycles. The maximum absolute atomic E-state index is 6.07. The molecule has 0 spiro atoms. The van der Waals surface area contributed by atoms with E-state index in [1.54, 1.807) is 0 Å². The largest absolute Gasteiger partial charge is 0.383 e. The van der Waals surface area contributed by atoms with Crippen LogP contribution in [0, 0.1) is 0 Å². The molecule has 0 amide bonds. The maximum Gasteiger partial charge on any atom is 0.131 e. The van der Waals surface area contributed by atoms with E-state index in [2.05, 4.69) is 9.98 Å². The van der Waals surface area contributed by atoms with E-state index in [0.29, 0.717) is 11.7 Å². The summed E-state index contributed by atoms with van der Waals surface area (Å²) in [4.78, 5) is 8.81. The van der Waals surface area contributed by atoms with Crippen LogP contribution in [0.5, 0.6) is 0 Å². The summed E-state index contributed by atoms with van der Waals surface area (Å²) < 4.78 is 0. The first-order valence-corrected chi connectivity index (χ1v) is 7.61. The molecular formula is C20H18N4. The van der Waals surface area contributed by atoms with Gasteiger partial charge in [-0.05, 0) is 24.3 Å². The Bertz CT molecular complexity index is 777. The zero-order valence-corrected chi connectivity index (χ0v) is 13.1. The smallest absolute Gasteiger partial charge is 0.131 e. The van der Waals surface area contributed by atoms with Gasteiger partial charge in [0.2, 0.25) is 0 Å². The van der Waals surface area contributed by atoms with E-state index in [4.69, 9.17) is 11.5 Å². The summed E-state index contributed by atoms with van der Waals surface area (Å²) in [6, 6.07) is 26.8. The third kappa shape index (κ3) is 3.87. The number of nitrogens with zero attached hydrogens (tertiary/aromatic N) is 2. The lowest BCUT2D eigenvalue weighted by Gasteiger charge is -2.04. The molecule has 0 aliphatic heterocycles. The molecule has 0 heterocycles. The maximum atomic E-state index is 6.07. The number of hydrogen-bond acceptors (Lipinski definition) is 2. The van der Waals surface area contributed by atoms with Crippen LogP contribution in [0.1, 0.15) is 11.1 Å². The highest BCUT2D eigenvalue weighted by Crippen LogP contribution is 2.14. The predicted octanol–water partition coefficient (Wildman–Crippen LogP) is 3.76. The fourth-order valence-corrected chi connectivity index (χ4v) is 2.22. The second kappa shape index (κ2) is 7.24. The monoisotopic (exact) mass is 314 g/mol. The number of nitrogens with two attached hydrogens (primary N) is 2. The molecular weight excluding hydrogens is 296 g/mol. The van der Waals surface area contributed by atoms with Gasteiger partial charge in [0.1, 0.15) is 11.7 Å². The van der Waals surface area contributed by atoms with Crippen LogP contribution in [0.4, 0.5) is 11.4 Å². The molecule has 0 bridgehead atoms. The summed E-state index contributed by atoms with van der Waals surface area (Å²) >= 11 is 0. The lowest BCUT2D eigenvalue weighted by molar-refractivity contribution is 1.43. The van der Waals surface area contributed by atoms with E-state index in [1.807, 2.05) is 84.9 Å². The molecule has 3 aromatic carbocycles. The summed E-state index contributed by atoms with van der Waals surface area (Å²) in [5, 5.41) is 0. The molecule has 4 N–H and O–H groups in total. The number of rotatable bonds is 4. The molecule has 3 rings (SSSR count). The van der Waals surface area contributed by atoms with Gasteiger partial charge < -0.3 is 11.5 Å². The number of aliphatic imine (C=N–C) groups is 2. The van der Waals surface area contributed by atoms with E-state index in [0.717, 1.165) is 22.5 Å². The van der Waals surface area contributed by atoms with Crippen LogP contribution in [0.2, 0.25) is 0 Å². The minimum Gasteiger partial charge on any atom is -0.383 e. The third-order valence-electron chi connectivity index (χ3n) is 3.49. The van der Waals surface area contributed by atoms with Crippen molar-refractivity contribution in [1.29, 1.82) is 0 Å². The van der Waals surface area contributed by atoms with Crippen LogP contribution in [0.3, 0.4) is 0 Å². The Balaban J connectivity index is 1.80. The predicted molar refractivity (Wildman–Crippen MR) is 100 cm³/mol. The Labute approximate surface area is 141 Å². The van der Waals surface area contributed by atoms with Gasteiger partial charge in [-0.25, -0.2) is 9.98 Å². The molecule has 0 saturated carbocycles. The molecule has 0 atom stereocenters. The molecule has 3 aromatic rings. The van der Waals surface area contributed by atoms with E-state index in [-0.39, 0.29) is 0 Å². The van der Waals surface area contributed by atoms with Crippen molar-refractivity contribution in [1.82, 2.24) is 0 Å². The van der Waals surface area contributed by atoms with Crippen molar-refractivity contribution in [3.63, 3.8) is 0 Å². The Morgan fingerprint density at radius 2 is 0.833 bits per heavy atom. The van der Waals surface area contributed by atoms with Gasteiger partial charge in [0.05, 0.1) is 11.4 Å². The second-order valence-electron chi connectivity index (χ2n) is 5.24. The highest BCUT2D eigenvalue weighted by atomic mass is 14.9. The zero-order chi connectivity index (χ0) is 16.8. The van der Waals surface area contributed by atoms with Crippen molar-refractivity contribution < 1.29 is 0 Å². The average molecular weight is 314 g/mol. The molecule has 0 unspecified atom stereocenters. The number of benzene rings is 3. The van der Waals surface area contributed by atoms with E-state index in [1.165, 1.54) is 0 Å². The molecule has 24 heavy (non-hydrogen) atoms.